The van der Waals surface area contributed by atoms with E-state index in [1.807, 2.05) is 0 Å². The first-order valence-electron chi connectivity index (χ1n) is 10.7. The van der Waals surface area contributed by atoms with Crippen molar-refractivity contribution in [1.82, 2.24) is 10.6 Å². The van der Waals surface area contributed by atoms with Crippen LogP contribution in [0.4, 0.5) is 0 Å². The number of carbonyl (C=O) groups excluding carboxylic acids is 1. The minimum absolute atomic E-state index is 0.0499. The Morgan fingerprint density at radius 3 is 2.54 bits per heavy atom. The van der Waals surface area contributed by atoms with Crippen molar-refractivity contribution < 1.29 is 24.9 Å². The molecule has 3 rings (SSSR count). The SMILES string of the molecule is CCCC1CCN[C@H](C(=O)N[C@H](C2CC2)[C@H]2O[C@H](SC)C(O)[C@@H](O)[C@H]2O)CC1. The van der Waals surface area contributed by atoms with E-state index < -0.39 is 29.9 Å². The number of thioether (sulfide) groups is 1. The lowest BCUT2D eigenvalue weighted by molar-refractivity contribution is -0.206. The van der Waals surface area contributed by atoms with E-state index in [0.29, 0.717) is 5.92 Å². The van der Waals surface area contributed by atoms with Crippen LogP contribution in [-0.4, -0.2) is 76.0 Å². The molecule has 5 N–H and O–H groups in total. The number of aliphatic hydroxyl groups excluding tert-OH is 3. The molecule has 7 nitrogen and oxygen atoms in total. The lowest BCUT2D eigenvalue weighted by Gasteiger charge is -2.43. The summed E-state index contributed by atoms with van der Waals surface area (Å²) in [4.78, 5) is 13.0. The van der Waals surface area contributed by atoms with Crippen LogP contribution < -0.4 is 10.6 Å². The number of ether oxygens (including phenoxy) is 1. The number of amides is 1. The summed E-state index contributed by atoms with van der Waals surface area (Å²) in [6.07, 6.45) is 4.73. The van der Waals surface area contributed by atoms with E-state index in [0.717, 1.165) is 38.6 Å². The normalized spacial score (nSPS) is 40.5. The van der Waals surface area contributed by atoms with Gasteiger partial charge in [0, 0.05) is 0 Å². The molecule has 0 aromatic rings. The molecular formula is C20H36N2O5S. The molecule has 0 radical (unpaired) electrons. The van der Waals surface area contributed by atoms with Gasteiger partial charge in [-0.15, -0.1) is 11.8 Å². The molecule has 0 spiro atoms. The minimum Gasteiger partial charge on any atom is -0.388 e. The first-order valence-corrected chi connectivity index (χ1v) is 12.0. The highest BCUT2D eigenvalue weighted by atomic mass is 32.2. The van der Waals surface area contributed by atoms with Crippen LogP contribution in [0.15, 0.2) is 0 Å². The number of rotatable bonds is 7. The number of hydrogen-bond acceptors (Lipinski definition) is 7. The third-order valence-electron chi connectivity index (χ3n) is 6.45. The van der Waals surface area contributed by atoms with Gasteiger partial charge in [0.2, 0.25) is 5.91 Å². The van der Waals surface area contributed by atoms with Gasteiger partial charge in [-0.25, -0.2) is 0 Å². The average Bonchev–Trinajstić information content (AvgIpc) is 3.53. The molecular weight excluding hydrogens is 380 g/mol. The zero-order valence-electron chi connectivity index (χ0n) is 16.9. The summed E-state index contributed by atoms with van der Waals surface area (Å²) in [6, 6.07) is -0.577. The molecule has 3 fully saturated rings. The van der Waals surface area contributed by atoms with Gasteiger partial charge < -0.3 is 30.7 Å². The topological polar surface area (TPSA) is 111 Å². The van der Waals surface area contributed by atoms with Crippen LogP contribution in [0, 0.1) is 11.8 Å². The quantitative estimate of drug-likeness (QED) is 0.413. The molecule has 0 aromatic heterocycles. The Bertz CT molecular complexity index is 519. The Hall–Kier alpha value is -0.380. The fraction of sp³-hybridized carbons (Fsp3) is 0.950. The van der Waals surface area contributed by atoms with Crippen molar-refractivity contribution in [3.63, 3.8) is 0 Å². The molecule has 8 atom stereocenters. The maximum Gasteiger partial charge on any atom is 0.237 e. The molecule has 2 saturated heterocycles. The van der Waals surface area contributed by atoms with Crippen molar-refractivity contribution in [1.29, 1.82) is 0 Å². The smallest absolute Gasteiger partial charge is 0.237 e. The molecule has 2 unspecified atom stereocenters. The lowest BCUT2D eigenvalue weighted by Crippen LogP contribution is -2.64. The summed E-state index contributed by atoms with van der Waals surface area (Å²) in [6.45, 7) is 3.05. The maximum absolute atomic E-state index is 13.0. The molecule has 3 aliphatic rings. The second kappa shape index (κ2) is 10.1. The highest BCUT2D eigenvalue weighted by molar-refractivity contribution is 7.99. The van der Waals surface area contributed by atoms with Crippen LogP contribution in [0.3, 0.4) is 0 Å². The Kier molecular flexibility index (Phi) is 8.04. The number of carbonyl (C=O) groups is 1. The van der Waals surface area contributed by atoms with E-state index in [-0.39, 0.29) is 23.9 Å². The summed E-state index contributed by atoms with van der Waals surface area (Å²) < 4.78 is 5.92. The van der Waals surface area contributed by atoms with Crippen molar-refractivity contribution in [3.05, 3.63) is 0 Å². The van der Waals surface area contributed by atoms with Gasteiger partial charge in [-0.1, -0.05) is 19.8 Å². The van der Waals surface area contributed by atoms with Crippen LogP contribution in [0.2, 0.25) is 0 Å². The Morgan fingerprint density at radius 1 is 1.14 bits per heavy atom. The number of nitrogens with one attached hydrogen (secondary N) is 2. The zero-order valence-corrected chi connectivity index (χ0v) is 17.7. The molecule has 1 aliphatic carbocycles. The molecule has 1 saturated carbocycles. The van der Waals surface area contributed by atoms with E-state index in [1.165, 1.54) is 24.6 Å². The summed E-state index contributed by atoms with van der Waals surface area (Å²) in [5, 5.41) is 37.4. The summed E-state index contributed by atoms with van der Waals surface area (Å²) in [7, 11) is 0. The first kappa shape index (κ1) is 22.3. The highest BCUT2D eigenvalue weighted by Crippen LogP contribution is 2.39. The average molecular weight is 417 g/mol. The minimum atomic E-state index is -1.28. The van der Waals surface area contributed by atoms with Crippen LogP contribution >= 0.6 is 11.8 Å². The van der Waals surface area contributed by atoms with E-state index in [9.17, 15) is 20.1 Å². The van der Waals surface area contributed by atoms with E-state index in [4.69, 9.17) is 4.74 Å². The molecule has 8 heteroatoms. The largest absolute Gasteiger partial charge is 0.388 e. The van der Waals surface area contributed by atoms with Crippen molar-refractivity contribution in [2.24, 2.45) is 11.8 Å². The van der Waals surface area contributed by atoms with E-state index in [2.05, 4.69) is 17.6 Å². The van der Waals surface area contributed by atoms with Gasteiger partial charge >= 0.3 is 0 Å². The zero-order chi connectivity index (χ0) is 20.3. The fourth-order valence-electron chi connectivity index (χ4n) is 4.58. The number of hydrogen-bond donors (Lipinski definition) is 5. The van der Waals surface area contributed by atoms with Crippen molar-refractivity contribution in [2.45, 2.75) is 93.8 Å². The summed E-state index contributed by atoms with van der Waals surface area (Å²) in [5.41, 5.74) is -0.618. The third kappa shape index (κ3) is 5.21. The van der Waals surface area contributed by atoms with Gasteiger partial charge in [-0.05, 0) is 56.7 Å². The molecule has 0 aromatic carbocycles. The Morgan fingerprint density at radius 2 is 1.89 bits per heavy atom. The Balaban J connectivity index is 1.63. The molecule has 28 heavy (non-hydrogen) atoms. The molecule has 2 heterocycles. The predicted octanol–water partition coefficient (Wildman–Crippen LogP) is 0.610. The van der Waals surface area contributed by atoms with Gasteiger partial charge in [0.05, 0.1) is 12.1 Å². The fourth-order valence-corrected chi connectivity index (χ4v) is 5.26. The van der Waals surface area contributed by atoms with E-state index in [1.54, 1.807) is 6.26 Å². The van der Waals surface area contributed by atoms with Gasteiger partial charge in [0.1, 0.15) is 29.9 Å². The summed E-state index contributed by atoms with van der Waals surface area (Å²) in [5.74, 6) is 0.871. The highest BCUT2D eigenvalue weighted by Gasteiger charge is 2.50. The molecule has 162 valence electrons. The van der Waals surface area contributed by atoms with Crippen LogP contribution in [0.1, 0.15) is 51.9 Å². The predicted molar refractivity (Wildman–Crippen MR) is 109 cm³/mol. The lowest BCUT2D eigenvalue weighted by atomic mass is 9.91. The van der Waals surface area contributed by atoms with E-state index >= 15 is 0 Å². The molecule has 0 bridgehead atoms. The second-order valence-corrected chi connectivity index (χ2v) is 9.51. The monoisotopic (exact) mass is 416 g/mol. The standard InChI is InChI=1S/C20H36N2O5S/c1-3-4-11-5-8-13(21-10-9-11)19(26)22-14(12-6-7-12)18-16(24)15(23)17(25)20(27-18)28-2/h11-18,20-21,23-25H,3-10H2,1-2H3,(H,22,26)/t11?,13-,14+,15-,16+,17?,18+,20+/m0/s1. The van der Waals surface area contributed by atoms with Crippen molar-refractivity contribution in [2.75, 3.05) is 12.8 Å². The maximum atomic E-state index is 13.0. The van der Waals surface area contributed by atoms with Gasteiger partial charge in [-0.2, -0.15) is 0 Å². The second-order valence-electron chi connectivity index (χ2n) is 8.58. The summed E-state index contributed by atoms with van der Waals surface area (Å²) >= 11 is 1.30. The molecule has 2 aliphatic heterocycles. The van der Waals surface area contributed by atoms with Crippen LogP contribution in [0.25, 0.3) is 0 Å². The van der Waals surface area contributed by atoms with Crippen molar-refractivity contribution >= 4 is 17.7 Å². The van der Waals surface area contributed by atoms with Crippen LogP contribution in [-0.2, 0) is 9.53 Å². The molecule has 1 amide bonds. The van der Waals surface area contributed by atoms with Crippen LogP contribution in [0.5, 0.6) is 0 Å². The van der Waals surface area contributed by atoms with Gasteiger partial charge in [0.15, 0.2) is 0 Å². The Labute approximate surface area is 172 Å². The van der Waals surface area contributed by atoms with Gasteiger partial charge in [0.25, 0.3) is 0 Å². The van der Waals surface area contributed by atoms with Crippen molar-refractivity contribution in [3.8, 4) is 0 Å². The number of aliphatic hydroxyl groups is 3. The van der Waals surface area contributed by atoms with Gasteiger partial charge in [-0.3, -0.25) is 4.79 Å². The third-order valence-corrected chi connectivity index (χ3v) is 7.31. The first-order chi connectivity index (χ1) is 13.5.